The molecular weight excluding hydrogens is 322 g/mol. The number of aromatic nitrogens is 2. The Labute approximate surface area is 135 Å². The van der Waals surface area contributed by atoms with Gasteiger partial charge in [0.1, 0.15) is 0 Å². The van der Waals surface area contributed by atoms with E-state index < -0.39 is 10.0 Å². The number of nitrogens with one attached hydrogen (secondary N) is 2. The number of aromatic amines is 1. The van der Waals surface area contributed by atoms with Crippen molar-refractivity contribution in [1.29, 1.82) is 0 Å². The zero-order valence-corrected chi connectivity index (χ0v) is 13.6. The lowest BCUT2D eigenvalue weighted by molar-refractivity contribution is 0.0697. The number of carbonyl (C=O) groups excluding carboxylic acids is 1. The molecule has 0 spiro atoms. The van der Waals surface area contributed by atoms with Crippen LogP contribution in [0.4, 0.5) is 4.79 Å². The third kappa shape index (κ3) is 3.65. The lowest BCUT2D eigenvalue weighted by Gasteiger charge is -2.35. The number of carbonyl (C=O) groups is 1. The zero-order valence-electron chi connectivity index (χ0n) is 12.8. The van der Waals surface area contributed by atoms with E-state index in [1.165, 1.54) is 16.6 Å². The van der Waals surface area contributed by atoms with E-state index in [1.54, 1.807) is 4.90 Å². The van der Waals surface area contributed by atoms with Crippen LogP contribution in [0.5, 0.6) is 0 Å². The minimum atomic E-state index is -3.56. The van der Waals surface area contributed by atoms with Gasteiger partial charge in [0.05, 0.1) is 18.8 Å². The fraction of sp³-hybridized carbons (Fsp3) is 0.692. The number of sulfonamides is 1. The van der Waals surface area contributed by atoms with Crippen LogP contribution < -0.4 is 5.32 Å². The van der Waals surface area contributed by atoms with Gasteiger partial charge in [-0.25, -0.2) is 13.2 Å². The van der Waals surface area contributed by atoms with E-state index >= 15 is 0 Å². The fourth-order valence-electron chi connectivity index (χ4n) is 2.78. The fourth-order valence-corrected chi connectivity index (χ4v) is 4.10. The molecule has 23 heavy (non-hydrogen) atoms. The number of rotatable bonds is 3. The largest absolute Gasteiger partial charge is 0.379 e. The molecule has 9 nitrogen and oxygen atoms in total. The number of hydrogen-bond donors (Lipinski definition) is 2. The summed E-state index contributed by atoms with van der Waals surface area (Å²) in [6.45, 7) is 2.57. The van der Waals surface area contributed by atoms with Crippen molar-refractivity contribution in [1.82, 2.24) is 24.7 Å². The third-order valence-electron chi connectivity index (χ3n) is 4.11. The van der Waals surface area contributed by atoms with Crippen molar-refractivity contribution in [2.45, 2.75) is 23.9 Å². The second-order valence-corrected chi connectivity index (χ2v) is 7.58. The van der Waals surface area contributed by atoms with Gasteiger partial charge < -0.3 is 15.0 Å². The molecule has 1 aromatic rings. The Morgan fingerprint density at radius 1 is 1.35 bits per heavy atom. The van der Waals surface area contributed by atoms with Crippen LogP contribution >= 0.6 is 0 Å². The van der Waals surface area contributed by atoms with Crippen LogP contribution in [0.2, 0.25) is 0 Å². The number of amides is 2. The molecule has 2 fully saturated rings. The highest BCUT2D eigenvalue weighted by Gasteiger charge is 2.31. The molecule has 0 aliphatic carbocycles. The molecule has 10 heteroatoms. The van der Waals surface area contributed by atoms with Gasteiger partial charge in [0.15, 0.2) is 5.03 Å². The molecule has 2 aliphatic rings. The van der Waals surface area contributed by atoms with Crippen molar-refractivity contribution in [2.75, 3.05) is 39.4 Å². The smallest absolute Gasteiger partial charge is 0.317 e. The van der Waals surface area contributed by atoms with Gasteiger partial charge in [-0.05, 0) is 18.9 Å². The van der Waals surface area contributed by atoms with Crippen molar-refractivity contribution in [3.05, 3.63) is 12.3 Å². The molecule has 0 aromatic carbocycles. The maximum atomic E-state index is 12.4. The first-order valence-electron chi connectivity index (χ1n) is 7.70. The van der Waals surface area contributed by atoms with Gasteiger partial charge >= 0.3 is 6.03 Å². The van der Waals surface area contributed by atoms with Gasteiger partial charge in [-0.15, -0.1) is 0 Å². The van der Waals surface area contributed by atoms with Crippen molar-refractivity contribution in [2.24, 2.45) is 0 Å². The summed E-state index contributed by atoms with van der Waals surface area (Å²) < 4.78 is 31.4. The zero-order chi connectivity index (χ0) is 16.3. The lowest BCUT2D eigenvalue weighted by Crippen LogP contribution is -2.55. The van der Waals surface area contributed by atoms with Gasteiger partial charge in [-0.3, -0.25) is 5.10 Å². The molecule has 3 heterocycles. The number of urea groups is 1. The van der Waals surface area contributed by atoms with Crippen LogP contribution in [0, 0.1) is 0 Å². The summed E-state index contributed by atoms with van der Waals surface area (Å²) in [5.41, 5.74) is 0. The quantitative estimate of drug-likeness (QED) is 0.777. The second-order valence-electron chi connectivity index (χ2n) is 5.68. The van der Waals surface area contributed by atoms with E-state index in [0.29, 0.717) is 19.7 Å². The number of ether oxygens (including phenoxy) is 1. The molecule has 2 aliphatic heterocycles. The first kappa shape index (κ1) is 16.2. The van der Waals surface area contributed by atoms with Crippen LogP contribution in [-0.2, 0) is 14.8 Å². The summed E-state index contributed by atoms with van der Waals surface area (Å²) in [5, 5.41) is 9.18. The van der Waals surface area contributed by atoms with E-state index in [2.05, 4.69) is 15.5 Å². The number of hydrogen-bond acceptors (Lipinski definition) is 5. The van der Waals surface area contributed by atoms with E-state index in [9.17, 15) is 13.2 Å². The molecule has 0 unspecified atom stereocenters. The summed E-state index contributed by atoms with van der Waals surface area (Å²) in [7, 11) is -3.56. The molecule has 0 radical (unpaired) electrons. The Balaban J connectivity index is 1.53. The Hall–Kier alpha value is -1.65. The summed E-state index contributed by atoms with van der Waals surface area (Å²) in [6.07, 6.45) is 3.27. The number of H-pyrrole nitrogens is 1. The average Bonchev–Trinajstić information content (AvgIpc) is 3.11. The Kier molecular flexibility index (Phi) is 4.83. The van der Waals surface area contributed by atoms with E-state index in [1.807, 2.05) is 0 Å². The standard InChI is InChI=1S/C13H21N5O4S/c19-13(15-11-2-1-9-22-10-11)17-5-7-18(8-6-17)23(20,21)12-3-4-14-16-12/h3-4,11H,1-2,5-10H2,(H,14,16)(H,15,19)/t11-/m0/s1. The molecule has 128 valence electrons. The molecule has 1 atom stereocenters. The third-order valence-corrected chi connectivity index (χ3v) is 5.93. The maximum absolute atomic E-state index is 12.4. The molecular formula is C13H21N5O4S. The predicted octanol–water partition coefficient (Wildman–Crippen LogP) is -0.395. The topological polar surface area (TPSA) is 108 Å². The molecule has 0 bridgehead atoms. The highest BCUT2D eigenvalue weighted by Crippen LogP contribution is 2.15. The van der Waals surface area contributed by atoms with Crippen molar-refractivity contribution in [3.63, 3.8) is 0 Å². The van der Waals surface area contributed by atoms with Crippen LogP contribution in [0.3, 0.4) is 0 Å². The van der Waals surface area contributed by atoms with Crippen LogP contribution in [0.25, 0.3) is 0 Å². The number of nitrogens with zero attached hydrogens (tertiary/aromatic N) is 3. The highest BCUT2D eigenvalue weighted by atomic mass is 32.2. The summed E-state index contributed by atoms with van der Waals surface area (Å²) >= 11 is 0. The molecule has 1 aromatic heterocycles. The van der Waals surface area contributed by atoms with Gasteiger partial charge in [0, 0.05) is 32.8 Å². The Morgan fingerprint density at radius 3 is 2.74 bits per heavy atom. The average molecular weight is 343 g/mol. The van der Waals surface area contributed by atoms with Crippen molar-refractivity contribution in [3.8, 4) is 0 Å². The van der Waals surface area contributed by atoms with Gasteiger partial charge in [0.25, 0.3) is 10.0 Å². The van der Waals surface area contributed by atoms with E-state index in [0.717, 1.165) is 19.4 Å². The molecule has 2 saturated heterocycles. The van der Waals surface area contributed by atoms with Crippen molar-refractivity contribution >= 4 is 16.1 Å². The van der Waals surface area contributed by atoms with Gasteiger partial charge in [0.2, 0.25) is 0 Å². The normalized spacial score (nSPS) is 23.7. The first-order valence-corrected chi connectivity index (χ1v) is 9.14. The molecule has 3 rings (SSSR count). The minimum Gasteiger partial charge on any atom is -0.379 e. The number of piperazine rings is 1. The Bertz CT molecular complexity index is 619. The lowest BCUT2D eigenvalue weighted by atomic mass is 10.1. The van der Waals surface area contributed by atoms with Crippen molar-refractivity contribution < 1.29 is 17.9 Å². The van der Waals surface area contributed by atoms with Gasteiger partial charge in [-0.1, -0.05) is 0 Å². The van der Waals surface area contributed by atoms with E-state index in [-0.39, 0.29) is 30.2 Å². The van der Waals surface area contributed by atoms with Gasteiger partial charge in [-0.2, -0.15) is 9.40 Å². The predicted molar refractivity (Wildman–Crippen MR) is 81.3 cm³/mol. The second kappa shape index (κ2) is 6.85. The SMILES string of the molecule is O=C(N[C@H]1CCCOC1)N1CCN(S(=O)(=O)c2ccn[nH]2)CC1. The summed E-state index contributed by atoms with van der Waals surface area (Å²) in [6, 6.07) is 1.32. The Morgan fingerprint density at radius 2 is 2.13 bits per heavy atom. The first-order chi connectivity index (χ1) is 11.1. The van der Waals surface area contributed by atoms with Crippen LogP contribution in [-0.4, -0.2) is 79.3 Å². The minimum absolute atomic E-state index is 0.0444. The maximum Gasteiger partial charge on any atom is 0.317 e. The van der Waals surface area contributed by atoms with Crippen LogP contribution in [0.15, 0.2) is 17.3 Å². The highest BCUT2D eigenvalue weighted by molar-refractivity contribution is 7.89. The molecule has 0 saturated carbocycles. The monoisotopic (exact) mass is 343 g/mol. The van der Waals surface area contributed by atoms with E-state index in [4.69, 9.17) is 4.74 Å². The summed E-state index contributed by atoms with van der Waals surface area (Å²) in [5.74, 6) is 0. The van der Waals surface area contributed by atoms with Crippen LogP contribution in [0.1, 0.15) is 12.8 Å². The summed E-state index contributed by atoms with van der Waals surface area (Å²) in [4.78, 5) is 13.9. The molecule has 2 N–H and O–H groups in total. The molecule has 2 amide bonds.